The molecular formula is C14H21Cl. The van der Waals surface area contributed by atoms with E-state index in [4.69, 9.17) is 11.6 Å². The van der Waals surface area contributed by atoms with Crippen molar-refractivity contribution >= 4 is 11.6 Å². The van der Waals surface area contributed by atoms with Gasteiger partial charge < -0.3 is 0 Å². The second kappa shape index (κ2) is 5.03. The van der Waals surface area contributed by atoms with Crippen LogP contribution in [-0.2, 0) is 17.7 Å². The Hall–Kier alpha value is -0.490. The summed E-state index contributed by atoms with van der Waals surface area (Å²) >= 11 is 5.98. The molecule has 0 fully saturated rings. The van der Waals surface area contributed by atoms with E-state index in [0.717, 1.165) is 12.8 Å². The van der Waals surface area contributed by atoms with Gasteiger partial charge in [-0.05, 0) is 34.9 Å². The van der Waals surface area contributed by atoms with Gasteiger partial charge >= 0.3 is 0 Å². The van der Waals surface area contributed by atoms with Gasteiger partial charge in [0.1, 0.15) is 0 Å². The van der Waals surface area contributed by atoms with E-state index in [9.17, 15) is 0 Å². The van der Waals surface area contributed by atoms with Gasteiger partial charge in [0, 0.05) is 5.88 Å². The monoisotopic (exact) mass is 224 g/mol. The van der Waals surface area contributed by atoms with Crippen LogP contribution < -0.4 is 0 Å². The highest BCUT2D eigenvalue weighted by Gasteiger charge is 2.18. The lowest BCUT2D eigenvalue weighted by molar-refractivity contribution is 0.505. The van der Waals surface area contributed by atoms with Crippen LogP contribution in [0.25, 0.3) is 0 Å². The van der Waals surface area contributed by atoms with Crippen molar-refractivity contribution in [2.75, 3.05) is 0 Å². The van der Waals surface area contributed by atoms with E-state index in [2.05, 4.69) is 45.9 Å². The lowest BCUT2D eigenvalue weighted by Crippen LogP contribution is -2.15. The van der Waals surface area contributed by atoms with Crippen LogP contribution in [0.5, 0.6) is 0 Å². The summed E-state index contributed by atoms with van der Waals surface area (Å²) in [5.41, 5.74) is 4.32. The smallest absolute Gasteiger partial charge is 0.0476 e. The topological polar surface area (TPSA) is 0 Å². The highest BCUT2D eigenvalue weighted by atomic mass is 35.5. The van der Waals surface area contributed by atoms with Crippen molar-refractivity contribution < 1.29 is 0 Å². The van der Waals surface area contributed by atoms with E-state index >= 15 is 0 Å². The normalized spacial score (nSPS) is 11.8. The van der Waals surface area contributed by atoms with Crippen molar-refractivity contribution in [3.8, 4) is 0 Å². The fraction of sp³-hybridized carbons (Fsp3) is 0.571. The maximum atomic E-state index is 5.98. The lowest BCUT2D eigenvalue weighted by atomic mass is 9.81. The van der Waals surface area contributed by atoms with E-state index < -0.39 is 0 Å². The lowest BCUT2D eigenvalue weighted by Gasteiger charge is -2.24. The Kier molecular flexibility index (Phi) is 4.21. The van der Waals surface area contributed by atoms with Gasteiger partial charge in [0.05, 0.1) is 0 Å². The molecule has 0 nitrogen and oxygen atoms in total. The van der Waals surface area contributed by atoms with Crippen LogP contribution in [0, 0.1) is 0 Å². The molecule has 0 aliphatic heterocycles. The number of aryl methyl sites for hydroxylation is 1. The van der Waals surface area contributed by atoms with Crippen LogP contribution in [0.2, 0.25) is 0 Å². The Morgan fingerprint density at radius 1 is 1.13 bits per heavy atom. The molecule has 0 heterocycles. The van der Waals surface area contributed by atoms with Crippen LogP contribution in [0.4, 0.5) is 0 Å². The predicted octanol–water partition coefficient (Wildman–Crippen LogP) is 4.68. The summed E-state index contributed by atoms with van der Waals surface area (Å²) in [5.74, 6) is 0.622. The third-order valence-electron chi connectivity index (χ3n) is 3.40. The molecule has 84 valence electrons. The van der Waals surface area contributed by atoms with Crippen molar-refractivity contribution in [3.05, 3.63) is 34.9 Å². The number of hydrogen-bond donors (Lipinski definition) is 0. The average Bonchev–Trinajstić information content (AvgIpc) is 2.28. The van der Waals surface area contributed by atoms with Gasteiger partial charge in [0.2, 0.25) is 0 Å². The van der Waals surface area contributed by atoms with E-state index in [0.29, 0.717) is 5.88 Å². The first-order chi connectivity index (χ1) is 7.05. The largest absolute Gasteiger partial charge is 0.122 e. The summed E-state index contributed by atoms with van der Waals surface area (Å²) in [6.07, 6.45) is 2.22. The molecular weight excluding hydrogens is 204 g/mol. The van der Waals surface area contributed by atoms with Gasteiger partial charge in [-0.15, -0.1) is 11.6 Å². The first-order valence-electron chi connectivity index (χ1n) is 5.73. The number of halogens is 1. The molecule has 1 aromatic carbocycles. The van der Waals surface area contributed by atoms with Crippen molar-refractivity contribution in [1.82, 2.24) is 0 Å². The molecule has 0 aliphatic carbocycles. The quantitative estimate of drug-likeness (QED) is 0.652. The maximum Gasteiger partial charge on any atom is 0.0476 e. The molecule has 0 N–H and O–H groups in total. The van der Waals surface area contributed by atoms with Gasteiger partial charge in [-0.2, -0.15) is 0 Å². The van der Waals surface area contributed by atoms with Crippen molar-refractivity contribution in [3.63, 3.8) is 0 Å². The molecule has 15 heavy (non-hydrogen) atoms. The summed E-state index contributed by atoms with van der Waals surface area (Å²) < 4.78 is 0. The standard InChI is InChI=1S/C14H21Cl/c1-5-11-7-8-13(9-12(11)10-15)14(3,4)6-2/h7-9H,5-6,10H2,1-4H3. The van der Waals surface area contributed by atoms with E-state index in [1.54, 1.807) is 0 Å². The zero-order valence-electron chi connectivity index (χ0n) is 10.2. The maximum absolute atomic E-state index is 5.98. The zero-order chi connectivity index (χ0) is 11.5. The molecule has 0 amide bonds. The summed E-state index contributed by atoms with van der Waals surface area (Å²) in [6, 6.07) is 6.75. The fourth-order valence-corrected chi connectivity index (χ4v) is 1.97. The Labute approximate surface area is 98.7 Å². The molecule has 0 radical (unpaired) electrons. The SMILES string of the molecule is CCc1ccc(C(C)(C)CC)cc1CCl. The zero-order valence-corrected chi connectivity index (χ0v) is 11.0. The average molecular weight is 225 g/mol. The van der Waals surface area contributed by atoms with Gasteiger partial charge in [-0.25, -0.2) is 0 Å². The van der Waals surface area contributed by atoms with Crippen molar-refractivity contribution in [2.24, 2.45) is 0 Å². The third kappa shape index (κ3) is 2.75. The molecule has 0 aliphatic rings. The Morgan fingerprint density at radius 3 is 2.27 bits per heavy atom. The Morgan fingerprint density at radius 2 is 1.80 bits per heavy atom. The summed E-state index contributed by atoms with van der Waals surface area (Å²) in [4.78, 5) is 0. The van der Waals surface area contributed by atoms with E-state index in [1.807, 2.05) is 0 Å². The minimum Gasteiger partial charge on any atom is -0.122 e. The first-order valence-corrected chi connectivity index (χ1v) is 6.26. The molecule has 1 aromatic rings. The molecule has 1 rings (SSSR count). The Bertz CT molecular complexity index is 326. The Balaban J connectivity index is 3.13. The summed E-state index contributed by atoms with van der Waals surface area (Å²) in [5, 5.41) is 0. The second-order valence-corrected chi connectivity index (χ2v) is 4.98. The molecule has 0 atom stereocenters. The summed E-state index contributed by atoms with van der Waals surface area (Å²) in [6.45, 7) is 8.97. The third-order valence-corrected chi connectivity index (χ3v) is 3.68. The number of alkyl halides is 1. The second-order valence-electron chi connectivity index (χ2n) is 4.71. The fourth-order valence-electron chi connectivity index (χ4n) is 1.72. The molecule has 0 saturated heterocycles. The minimum absolute atomic E-state index is 0.257. The summed E-state index contributed by atoms with van der Waals surface area (Å²) in [7, 11) is 0. The highest BCUT2D eigenvalue weighted by Crippen LogP contribution is 2.28. The minimum atomic E-state index is 0.257. The van der Waals surface area contributed by atoms with Crippen LogP contribution in [0.3, 0.4) is 0 Å². The number of rotatable bonds is 4. The van der Waals surface area contributed by atoms with E-state index in [-0.39, 0.29) is 5.41 Å². The van der Waals surface area contributed by atoms with Gasteiger partial charge in [0.25, 0.3) is 0 Å². The van der Waals surface area contributed by atoms with Crippen LogP contribution in [0.15, 0.2) is 18.2 Å². The predicted molar refractivity (Wildman–Crippen MR) is 68.7 cm³/mol. The highest BCUT2D eigenvalue weighted by molar-refractivity contribution is 6.17. The molecule has 0 unspecified atom stereocenters. The first kappa shape index (κ1) is 12.6. The van der Waals surface area contributed by atoms with Gasteiger partial charge in [0.15, 0.2) is 0 Å². The van der Waals surface area contributed by atoms with Crippen molar-refractivity contribution in [2.45, 2.75) is 51.8 Å². The number of benzene rings is 1. The number of hydrogen-bond acceptors (Lipinski definition) is 0. The van der Waals surface area contributed by atoms with Crippen LogP contribution in [0.1, 0.15) is 50.8 Å². The van der Waals surface area contributed by atoms with Crippen LogP contribution >= 0.6 is 11.6 Å². The van der Waals surface area contributed by atoms with Crippen molar-refractivity contribution in [1.29, 1.82) is 0 Å². The molecule has 0 saturated carbocycles. The van der Waals surface area contributed by atoms with E-state index in [1.165, 1.54) is 16.7 Å². The van der Waals surface area contributed by atoms with Gasteiger partial charge in [-0.1, -0.05) is 45.9 Å². The molecule has 0 aromatic heterocycles. The molecule has 0 bridgehead atoms. The van der Waals surface area contributed by atoms with Gasteiger partial charge in [-0.3, -0.25) is 0 Å². The molecule has 1 heteroatoms. The van der Waals surface area contributed by atoms with Crippen LogP contribution in [-0.4, -0.2) is 0 Å². The molecule has 0 spiro atoms.